The topological polar surface area (TPSA) is 35.2 Å². The van der Waals surface area contributed by atoms with E-state index in [-0.39, 0.29) is 6.04 Å². The predicted molar refractivity (Wildman–Crippen MR) is 87.3 cm³/mol. The summed E-state index contributed by atoms with van der Waals surface area (Å²) in [4.78, 5) is 0. The van der Waals surface area contributed by atoms with Crippen LogP contribution in [-0.4, -0.2) is 6.61 Å². The summed E-state index contributed by atoms with van der Waals surface area (Å²) in [5.41, 5.74) is 9.13. The van der Waals surface area contributed by atoms with E-state index in [0.717, 1.165) is 28.9 Å². The minimum Gasteiger partial charge on any atom is -0.494 e. The molecule has 2 heteroatoms. The minimum atomic E-state index is 0.109. The molecule has 21 heavy (non-hydrogen) atoms. The van der Waals surface area contributed by atoms with Crippen molar-refractivity contribution in [2.45, 2.75) is 26.3 Å². The second-order valence-corrected chi connectivity index (χ2v) is 4.84. The summed E-state index contributed by atoms with van der Waals surface area (Å²) in [6, 6.07) is 16.1. The van der Waals surface area contributed by atoms with Crippen LogP contribution in [0.25, 0.3) is 0 Å². The number of benzene rings is 2. The molecule has 0 heterocycles. The Hall–Kier alpha value is -2.24. The third kappa shape index (κ3) is 4.37. The second-order valence-electron chi connectivity index (χ2n) is 4.84. The fourth-order valence-corrected chi connectivity index (χ4v) is 1.99. The van der Waals surface area contributed by atoms with Crippen molar-refractivity contribution >= 4 is 0 Å². The molecule has 0 aliphatic heterocycles. The van der Waals surface area contributed by atoms with Gasteiger partial charge in [0.1, 0.15) is 5.75 Å². The van der Waals surface area contributed by atoms with Crippen molar-refractivity contribution in [2.24, 2.45) is 5.73 Å². The fourth-order valence-electron chi connectivity index (χ4n) is 1.99. The van der Waals surface area contributed by atoms with E-state index in [1.54, 1.807) is 0 Å². The molecule has 1 unspecified atom stereocenters. The molecular weight excluding hydrogens is 258 g/mol. The first-order valence-electron chi connectivity index (χ1n) is 7.33. The predicted octanol–water partition coefficient (Wildman–Crippen LogP) is 3.89. The van der Waals surface area contributed by atoms with Crippen LogP contribution in [0.1, 0.15) is 43.0 Å². The van der Waals surface area contributed by atoms with Gasteiger partial charge in [-0.25, -0.2) is 0 Å². The molecular formula is C19H21NO. The van der Waals surface area contributed by atoms with Crippen LogP contribution >= 0.6 is 0 Å². The van der Waals surface area contributed by atoms with Gasteiger partial charge in [0, 0.05) is 17.2 Å². The molecule has 0 saturated carbocycles. The number of ether oxygens (including phenoxy) is 1. The highest BCUT2D eigenvalue weighted by molar-refractivity contribution is 5.45. The van der Waals surface area contributed by atoms with Gasteiger partial charge < -0.3 is 10.5 Å². The summed E-state index contributed by atoms with van der Waals surface area (Å²) in [6.45, 7) is 4.74. The molecule has 2 N–H and O–H groups in total. The lowest BCUT2D eigenvalue weighted by molar-refractivity contribution is 0.340. The van der Waals surface area contributed by atoms with Crippen LogP contribution < -0.4 is 10.5 Å². The van der Waals surface area contributed by atoms with E-state index in [9.17, 15) is 0 Å². The average Bonchev–Trinajstić information content (AvgIpc) is 2.54. The molecule has 0 fully saturated rings. The fraction of sp³-hybridized carbons (Fsp3) is 0.263. The van der Waals surface area contributed by atoms with Crippen LogP contribution in [0.2, 0.25) is 0 Å². The Labute approximate surface area is 126 Å². The molecule has 1 atom stereocenters. The molecule has 0 aliphatic carbocycles. The molecule has 0 aliphatic rings. The molecule has 0 spiro atoms. The largest absolute Gasteiger partial charge is 0.494 e. The van der Waals surface area contributed by atoms with E-state index in [4.69, 9.17) is 10.5 Å². The summed E-state index contributed by atoms with van der Waals surface area (Å²) in [7, 11) is 0. The molecule has 0 saturated heterocycles. The highest BCUT2D eigenvalue weighted by Crippen LogP contribution is 2.14. The maximum Gasteiger partial charge on any atom is 0.119 e. The van der Waals surface area contributed by atoms with E-state index < -0.39 is 0 Å². The van der Waals surface area contributed by atoms with Crippen LogP contribution in [0.4, 0.5) is 0 Å². The van der Waals surface area contributed by atoms with Crippen LogP contribution in [-0.2, 0) is 0 Å². The van der Waals surface area contributed by atoms with Gasteiger partial charge in [-0.15, -0.1) is 0 Å². The van der Waals surface area contributed by atoms with Crippen LogP contribution in [0.3, 0.4) is 0 Å². The van der Waals surface area contributed by atoms with Crippen molar-refractivity contribution in [3.8, 4) is 17.6 Å². The number of hydrogen-bond acceptors (Lipinski definition) is 2. The lowest BCUT2D eigenvalue weighted by atomic mass is 10.0. The Morgan fingerprint density at radius 1 is 0.905 bits per heavy atom. The lowest BCUT2D eigenvalue weighted by Gasteiger charge is -2.08. The molecule has 2 aromatic carbocycles. The first kappa shape index (κ1) is 15.2. The Kier molecular flexibility index (Phi) is 5.43. The van der Waals surface area contributed by atoms with Gasteiger partial charge in [-0.3, -0.25) is 0 Å². The van der Waals surface area contributed by atoms with Crippen molar-refractivity contribution in [1.29, 1.82) is 0 Å². The number of hydrogen-bond donors (Lipinski definition) is 1. The molecule has 0 bridgehead atoms. The molecule has 0 radical (unpaired) electrons. The highest BCUT2D eigenvalue weighted by atomic mass is 16.5. The number of rotatable bonds is 4. The molecule has 0 amide bonds. The van der Waals surface area contributed by atoms with E-state index in [2.05, 4.69) is 30.9 Å². The SMILES string of the molecule is CCOc1ccc(C#Cc2ccc(C(N)CC)cc2)cc1. The molecule has 0 aromatic heterocycles. The average molecular weight is 279 g/mol. The number of nitrogens with two attached hydrogens (primary N) is 1. The zero-order chi connectivity index (χ0) is 15.1. The lowest BCUT2D eigenvalue weighted by Crippen LogP contribution is -2.08. The quantitative estimate of drug-likeness (QED) is 0.862. The molecule has 2 nitrogen and oxygen atoms in total. The minimum absolute atomic E-state index is 0.109. The van der Waals surface area contributed by atoms with Gasteiger partial charge in [-0.05, 0) is 55.3 Å². The Morgan fingerprint density at radius 3 is 1.90 bits per heavy atom. The van der Waals surface area contributed by atoms with Crippen LogP contribution in [0.15, 0.2) is 48.5 Å². The maximum atomic E-state index is 6.00. The standard InChI is InChI=1S/C19H21NO/c1-3-19(20)17-11-7-15(8-12-17)5-6-16-9-13-18(14-10-16)21-4-2/h7-14,19H,3-4,20H2,1-2H3. The second kappa shape index (κ2) is 7.52. The summed E-state index contributed by atoms with van der Waals surface area (Å²) < 4.78 is 5.41. The van der Waals surface area contributed by atoms with Gasteiger partial charge in [0.2, 0.25) is 0 Å². The van der Waals surface area contributed by atoms with Gasteiger partial charge in [0.25, 0.3) is 0 Å². The zero-order valence-electron chi connectivity index (χ0n) is 12.6. The maximum absolute atomic E-state index is 6.00. The highest BCUT2D eigenvalue weighted by Gasteiger charge is 2.01. The van der Waals surface area contributed by atoms with E-state index in [1.165, 1.54) is 0 Å². The third-order valence-electron chi connectivity index (χ3n) is 3.30. The van der Waals surface area contributed by atoms with Crippen LogP contribution in [0, 0.1) is 11.8 Å². The van der Waals surface area contributed by atoms with Crippen molar-refractivity contribution in [3.05, 3.63) is 65.2 Å². The van der Waals surface area contributed by atoms with Crippen molar-refractivity contribution < 1.29 is 4.74 Å². The smallest absolute Gasteiger partial charge is 0.119 e. The summed E-state index contributed by atoms with van der Waals surface area (Å²) >= 11 is 0. The first-order chi connectivity index (χ1) is 10.2. The summed E-state index contributed by atoms with van der Waals surface area (Å²) in [5.74, 6) is 7.20. The van der Waals surface area contributed by atoms with E-state index in [0.29, 0.717) is 6.61 Å². The Bertz CT molecular complexity index is 617. The van der Waals surface area contributed by atoms with Gasteiger partial charge in [-0.2, -0.15) is 0 Å². The third-order valence-corrected chi connectivity index (χ3v) is 3.30. The zero-order valence-corrected chi connectivity index (χ0v) is 12.6. The van der Waals surface area contributed by atoms with Gasteiger partial charge in [-0.1, -0.05) is 30.9 Å². The van der Waals surface area contributed by atoms with Crippen molar-refractivity contribution in [3.63, 3.8) is 0 Å². The van der Waals surface area contributed by atoms with E-state index >= 15 is 0 Å². The van der Waals surface area contributed by atoms with Crippen LogP contribution in [0.5, 0.6) is 5.75 Å². The van der Waals surface area contributed by atoms with Gasteiger partial charge >= 0.3 is 0 Å². The molecule has 2 rings (SSSR count). The van der Waals surface area contributed by atoms with Gasteiger partial charge in [0.05, 0.1) is 6.61 Å². The Morgan fingerprint density at radius 2 is 1.43 bits per heavy atom. The summed E-state index contributed by atoms with van der Waals surface area (Å²) in [6.07, 6.45) is 0.942. The van der Waals surface area contributed by atoms with Gasteiger partial charge in [0.15, 0.2) is 0 Å². The van der Waals surface area contributed by atoms with Crippen molar-refractivity contribution in [2.75, 3.05) is 6.61 Å². The molecule has 108 valence electrons. The monoisotopic (exact) mass is 279 g/mol. The normalized spacial score (nSPS) is 11.4. The molecule has 2 aromatic rings. The summed E-state index contributed by atoms with van der Waals surface area (Å²) in [5, 5.41) is 0. The first-order valence-corrected chi connectivity index (χ1v) is 7.33. The van der Waals surface area contributed by atoms with Crippen molar-refractivity contribution in [1.82, 2.24) is 0 Å². The van der Waals surface area contributed by atoms with E-state index in [1.807, 2.05) is 43.3 Å². The Balaban J connectivity index is 2.08.